The second-order valence-electron chi connectivity index (χ2n) is 8.51. The number of carbonyl (C=O) groups excluding carboxylic acids is 2. The first-order chi connectivity index (χ1) is 20.8. The SMILES string of the molecule is C=CC(N)=O.NC(N)=O.O=C(O)CNC(CO)(CO)CO.O=C(O)CNC(CO)(CO)CO.O=C(O)CNC(CO)(CO)CO. The zero-order valence-corrected chi connectivity index (χ0v) is 24.4. The van der Waals surface area contributed by atoms with Crippen molar-refractivity contribution in [3.63, 3.8) is 0 Å². The molecule has 23 heteroatoms. The molecule has 0 fully saturated rings. The van der Waals surface area contributed by atoms with E-state index < -0.39 is 126 Å². The molecule has 0 bridgehead atoms. The van der Waals surface area contributed by atoms with Crippen LogP contribution in [0.25, 0.3) is 0 Å². The van der Waals surface area contributed by atoms with Gasteiger partial charge in [-0.2, -0.15) is 0 Å². The van der Waals surface area contributed by atoms with E-state index in [2.05, 4.69) is 39.7 Å². The third kappa shape index (κ3) is 31.6. The van der Waals surface area contributed by atoms with E-state index in [0.29, 0.717) is 0 Å². The minimum Gasteiger partial charge on any atom is -0.480 e. The fraction of sp³-hybridized carbons (Fsp3) is 0.682. The molecular formula is C22H48N6O17. The molecule has 0 aliphatic heterocycles. The summed E-state index contributed by atoms with van der Waals surface area (Å²) < 4.78 is 0. The van der Waals surface area contributed by atoms with Gasteiger partial charge in [-0.3, -0.25) is 35.1 Å². The lowest BCUT2D eigenvalue weighted by Gasteiger charge is -2.27. The smallest absolute Gasteiger partial charge is 0.317 e. The number of primary amides is 3. The molecule has 21 N–H and O–H groups in total. The quantitative estimate of drug-likeness (QED) is 0.0568. The summed E-state index contributed by atoms with van der Waals surface area (Å²) in [5.74, 6) is -3.83. The largest absolute Gasteiger partial charge is 0.480 e. The predicted molar refractivity (Wildman–Crippen MR) is 152 cm³/mol. The lowest BCUT2D eigenvalue weighted by molar-refractivity contribution is -0.137. The fourth-order valence-electron chi connectivity index (χ4n) is 1.74. The van der Waals surface area contributed by atoms with Crippen LogP contribution in [0.1, 0.15) is 0 Å². The van der Waals surface area contributed by atoms with Crippen LogP contribution in [0.5, 0.6) is 0 Å². The fourth-order valence-corrected chi connectivity index (χ4v) is 1.74. The number of carboxylic acid groups (broad SMARTS) is 3. The number of carbonyl (C=O) groups is 5. The van der Waals surface area contributed by atoms with Crippen LogP contribution in [0.15, 0.2) is 12.7 Å². The molecule has 0 saturated carbocycles. The number of carboxylic acids is 3. The number of aliphatic hydroxyl groups excluding tert-OH is 9. The van der Waals surface area contributed by atoms with Crippen molar-refractivity contribution in [2.75, 3.05) is 79.1 Å². The van der Waals surface area contributed by atoms with Crippen molar-refractivity contribution >= 4 is 29.8 Å². The molecule has 0 radical (unpaired) electrons. The highest BCUT2D eigenvalue weighted by molar-refractivity contribution is 5.85. The van der Waals surface area contributed by atoms with Gasteiger partial charge in [0.1, 0.15) is 0 Å². The molecule has 268 valence electrons. The van der Waals surface area contributed by atoms with Gasteiger partial charge in [-0.05, 0) is 6.08 Å². The normalized spacial score (nSPS) is 10.5. The first-order valence-electron chi connectivity index (χ1n) is 12.2. The first-order valence-corrected chi connectivity index (χ1v) is 12.2. The molecule has 23 nitrogen and oxygen atoms in total. The van der Waals surface area contributed by atoms with E-state index in [4.69, 9.17) is 66.1 Å². The van der Waals surface area contributed by atoms with E-state index in [1.54, 1.807) is 0 Å². The third-order valence-corrected chi connectivity index (χ3v) is 4.77. The van der Waals surface area contributed by atoms with Gasteiger partial charge in [-0.1, -0.05) is 6.58 Å². The van der Waals surface area contributed by atoms with Crippen molar-refractivity contribution < 1.29 is 85.3 Å². The number of nitrogens with one attached hydrogen (secondary N) is 3. The predicted octanol–water partition coefficient (Wildman–Crippen LogP) is -9.19. The molecule has 0 atom stereocenters. The lowest BCUT2D eigenvalue weighted by Crippen LogP contribution is -2.56. The molecule has 0 aliphatic rings. The lowest BCUT2D eigenvalue weighted by atomic mass is 10.0. The van der Waals surface area contributed by atoms with Crippen LogP contribution in [0.4, 0.5) is 4.79 Å². The van der Waals surface area contributed by atoms with E-state index in [-0.39, 0.29) is 0 Å². The summed E-state index contributed by atoms with van der Waals surface area (Å²) >= 11 is 0. The summed E-state index contributed by atoms with van der Waals surface area (Å²) in [6.07, 6.45) is 1.06. The molecule has 45 heavy (non-hydrogen) atoms. The van der Waals surface area contributed by atoms with E-state index >= 15 is 0 Å². The average Bonchev–Trinajstić information content (AvgIpc) is 3.00. The highest BCUT2D eigenvalue weighted by Gasteiger charge is 2.29. The number of rotatable bonds is 19. The maximum Gasteiger partial charge on any atom is 0.317 e. The summed E-state index contributed by atoms with van der Waals surface area (Å²) in [7, 11) is 0. The van der Waals surface area contributed by atoms with Gasteiger partial charge < -0.3 is 78.5 Å². The van der Waals surface area contributed by atoms with Crippen LogP contribution < -0.4 is 33.2 Å². The Bertz CT molecular complexity index is 712. The van der Waals surface area contributed by atoms with Crippen LogP contribution in [0.2, 0.25) is 0 Å². The van der Waals surface area contributed by atoms with Gasteiger partial charge in [0.2, 0.25) is 5.91 Å². The van der Waals surface area contributed by atoms with Crippen LogP contribution >= 0.6 is 0 Å². The summed E-state index contributed by atoms with van der Waals surface area (Å²) in [6.45, 7) is -2.84. The standard InChI is InChI=1S/3C6H13NO5.C3H5NO.CH4N2O/c3*8-2-6(3-9,4-10)7-1-5(11)12;1-2-3(4)5;2-1(3)4/h3*7-10H,1-4H2,(H,11,12);2H,1H2,(H2,4,5);(H4,2,3,4). The summed E-state index contributed by atoms with van der Waals surface area (Å²) in [6, 6.07) is -0.833. The molecule has 0 saturated heterocycles. The van der Waals surface area contributed by atoms with Crippen molar-refractivity contribution in [3.8, 4) is 0 Å². The molecule has 0 rings (SSSR count). The topological polar surface area (TPSA) is 442 Å². The number of nitrogens with two attached hydrogens (primary N) is 3. The Morgan fingerprint density at radius 1 is 0.489 bits per heavy atom. The third-order valence-electron chi connectivity index (χ3n) is 4.77. The van der Waals surface area contributed by atoms with E-state index in [1.807, 2.05) is 0 Å². The van der Waals surface area contributed by atoms with Gasteiger partial charge in [0.25, 0.3) is 0 Å². The van der Waals surface area contributed by atoms with Gasteiger partial charge in [0.15, 0.2) is 0 Å². The molecule has 0 heterocycles. The second kappa shape index (κ2) is 30.4. The molecule has 0 aromatic carbocycles. The molecule has 0 aliphatic carbocycles. The van der Waals surface area contributed by atoms with Crippen molar-refractivity contribution in [2.45, 2.75) is 16.6 Å². The molecule has 0 spiro atoms. The van der Waals surface area contributed by atoms with Gasteiger partial charge in [-0.15, -0.1) is 0 Å². The van der Waals surface area contributed by atoms with Gasteiger partial charge in [-0.25, -0.2) is 4.79 Å². The van der Waals surface area contributed by atoms with Crippen LogP contribution in [0, 0.1) is 0 Å². The van der Waals surface area contributed by atoms with E-state index in [0.717, 1.165) is 6.08 Å². The minimum atomic E-state index is -1.31. The maximum atomic E-state index is 10.1. The summed E-state index contributed by atoms with van der Waals surface area (Å²) in [4.78, 5) is 48.7. The highest BCUT2D eigenvalue weighted by Crippen LogP contribution is 2.01. The molecule has 0 aromatic rings. The highest BCUT2D eigenvalue weighted by atomic mass is 16.4. The molecular weight excluding hydrogens is 620 g/mol. The number of aliphatic hydroxyl groups is 9. The molecule has 0 unspecified atom stereocenters. The Morgan fingerprint density at radius 3 is 0.689 bits per heavy atom. The summed E-state index contributed by atoms with van der Waals surface area (Å²) in [5, 5.41) is 110. The van der Waals surface area contributed by atoms with Crippen molar-refractivity contribution in [1.82, 2.24) is 16.0 Å². The Kier molecular flexibility index (Phi) is 34.5. The molecule has 3 amide bonds. The van der Waals surface area contributed by atoms with Gasteiger partial charge in [0.05, 0.1) is 95.7 Å². The first kappa shape index (κ1) is 51.0. The number of urea groups is 1. The van der Waals surface area contributed by atoms with Crippen LogP contribution in [-0.2, 0) is 19.2 Å². The van der Waals surface area contributed by atoms with Crippen LogP contribution in [0.3, 0.4) is 0 Å². The monoisotopic (exact) mass is 668 g/mol. The Labute approximate surface area is 257 Å². The summed E-state index contributed by atoms with van der Waals surface area (Å²) in [5.41, 5.74) is 9.11. The minimum absolute atomic E-state index is 0.415. The van der Waals surface area contributed by atoms with Crippen molar-refractivity contribution in [3.05, 3.63) is 12.7 Å². The van der Waals surface area contributed by atoms with Crippen molar-refractivity contribution in [1.29, 1.82) is 0 Å². The number of hydrogen-bond donors (Lipinski definition) is 18. The van der Waals surface area contributed by atoms with Gasteiger partial charge >= 0.3 is 23.9 Å². The average molecular weight is 669 g/mol. The molecule has 0 aromatic heterocycles. The number of amides is 3. The Hall–Kier alpha value is -3.59. The van der Waals surface area contributed by atoms with E-state index in [9.17, 15) is 19.2 Å². The van der Waals surface area contributed by atoms with Crippen LogP contribution in [-0.4, -0.2) is 187 Å². The zero-order valence-electron chi connectivity index (χ0n) is 24.4. The van der Waals surface area contributed by atoms with Gasteiger partial charge in [0, 0.05) is 0 Å². The number of hydrogen-bond acceptors (Lipinski definition) is 17. The second-order valence-corrected chi connectivity index (χ2v) is 8.51. The Balaban J connectivity index is -0.000000156. The van der Waals surface area contributed by atoms with Crippen molar-refractivity contribution in [2.24, 2.45) is 17.2 Å². The Morgan fingerprint density at radius 2 is 0.622 bits per heavy atom. The maximum absolute atomic E-state index is 10.1. The zero-order chi connectivity index (χ0) is 36.7. The number of aliphatic carboxylic acids is 3. The van der Waals surface area contributed by atoms with E-state index in [1.165, 1.54) is 0 Å².